The summed E-state index contributed by atoms with van der Waals surface area (Å²) >= 11 is 0. The Hall–Kier alpha value is -3.16. The lowest BCUT2D eigenvalue weighted by molar-refractivity contribution is -0.122. The highest BCUT2D eigenvalue weighted by Gasteiger charge is 2.15. The van der Waals surface area contributed by atoms with Gasteiger partial charge in [-0.2, -0.15) is 0 Å². The van der Waals surface area contributed by atoms with Crippen LogP contribution in [0.15, 0.2) is 29.1 Å². The van der Waals surface area contributed by atoms with Gasteiger partial charge in [0.1, 0.15) is 6.54 Å². The van der Waals surface area contributed by atoms with Crippen LogP contribution in [0.4, 0.5) is 11.6 Å². The maximum atomic E-state index is 12.8. The lowest BCUT2D eigenvalue weighted by Crippen LogP contribution is -2.36. The van der Waals surface area contributed by atoms with E-state index in [0.29, 0.717) is 11.6 Å². The lowest BCUT2D eigenvalue weighted by atomic mass is 10.1. The number of aromatic nitrogens is 4. The van der Waals surface area contributed by atoms with Crippen LogP contribution in [0.1, 0.15) is 30.7 Å². The molecular weight excluding hydrogens is 344 g/mol. The summed E-state index contributed by atoms with van der Waals surface area (Å²) in [5.74, 6) is 0.111. The summed E-state index contributed by atoms with van der Waals surface area (Å²) < 4.78 is 2.54. The molecule has 0 aliphatic carbocycles. The van der Waals surface area contributed by atoms with Gasteiger partial charge in [-0.15, -0.1) is 5.10 Å². The number of nitrogens with one attached hydrogen (secondary N) is 2. The van der Waals surface area contributed by atoms with Gasteiger partial charge in [0, 0.05) is 23.5 Å². The highest BCUT2D eigenvalue weighted by atomic mass is 16.2. The van der Waals surface area contributed by atoms with Gasteiger partial charge in [-0.3, -0.25) is 4.79 Å². The van der Waals surface area contributed by atoms with Gasteiger partial charge in [0.2, 0.25) is 11.9 Å². The van der Waals surface area contributed by atoms with Crippen molar-refractivity contribution >= 4 is 23.2 Å². The van der Waals surface area contributed by atoms with Crippen LogP contribution in [0.25, 0.3) is 5.65 Å². The number of fused-ring (bicyclic) bond motifs is 1. The SMILES string of the molecule is Cc1cc(C)cc(Nc2nc(C)cc3nn(CC(=O)NC(C)C)c(=O)n23)c1. The second kappa shape index (κ2) is 7.22. The standard InChI is InChI=1S/C19H24N6O2/c1-11(2)20-17(26)10-24-19(27)25-16(23-24)9-14(5)21-18(25)22-15-7-12(3)6-13(4)8-15/h6-9,11H,10H2,1-5H3,(H,20,26)(H,21,22). The number of anilines is 2. The molecule has 0 saturated carbocycles. The predicted molar refractivity (Wildman–Crippen MR) is 104 cm³/mol. The first-order valence-corrected chi connectivity index (χ1v) is 8.85. The molecule has 0 aliphatic rings. The Morgan fingerprint density at radius 2 is 1.78 bits per heavy atom. The van der Waals surface area contributed by atoms with Crippen LogP contribution < -0.4 is 16.3 Å². The van der Waals surface area contributed by atoms with Crippen molar-refractivity contribution in [2.24, 2.45) is 0 Å². The number of rotatable bonds is 5. The average molecular weight is 368 g/mol. The second-order valence-corrected chi connectivity index (χ2v) is 7.08. The summed E-state index contributed by atoms with van der Waals surface area (Å²) in [4.78, 5) is 29.3. The molecule has 0 saturated heterocycles. The largest absolute Gasteiger partial charge is 0.353 e. The van der Waals surface area contributed by atoms with E-state index in [-0.39, 0.29) is 18.5 Å². The maximum absolute atomic E-state index is 12.8. The van der Waals surface area contributed by atoms with Gasteiger partial charge in [0.05, 0.1) is 0 Å². The molecule has 2 heterocycles. The third kappa shape index (κ3) is 4.16. The Morgan fingerprint density at radius 3 is 2.41 bits per heavy atom. The lowest BCUT2D eigenvalue weighted by Gasteiger charge is -2.09. The Bertz CT molecular complexity index is 1040. The summed E-state index contributed by atoms with van der Waals surface area (Å²) in [5, 5.41) is 10.3. The van der Waals surface area contributed by atoms with Gasteiger partial charge in [-0.25, -0.2) is 18.9 Å². The maximum Gasteiger partial charge on any atom is 0.353 e. The Morgan fingerprint density at radius 1 is 1.11 bits per heavy atom. The zero-order valence-electron chi connectivity index (χ0n) is 16.2. The minimum atomic E-state index is -0.414. The van der Waals surface area contributed by atoms with Crippen molar-refractivity contribution in [1.29, 1.82) is 0 Å². The molecule has 0 unspecified atom stereocenters. The molecule has 0 aliphatic heterocycles. The quantitative estimate of drug-likeness (QED) is 0.719. The zero-order valence-corrected chi connectivity index (χ0v) is 16.2. The highest BCUT2D eigenvalue weighted by molar-refractivity contribution is 5.75. The fraction of sp³-hybridized carbons (Fsp3) is 0.368. The molecule has 8 nitrogen and oxygen atoms in total. The fourth-order valence-corrected chi connectivity index (χ4v) is 3.02. The van der Waals surface area contributed by atoms with Crippen molar-refractivity contribution in [3.63, 3.8) is 0 Å². The minimum Gasteiger partial charge on any atom is -0.352 e. The van der Waals surface area contributed by atoms with E-state index in [1.807, 2.05) is 46.8 Å². The van der Waals surface area contributed by atoms with Crippen LogP contribution in [0.2, 0.25) is 0 Å². The molecule has 0 fully saturated rings. The van der Waals surface area contributed by atoms with Crippen LogP contribution in [0.5, 0.6) is 0 Å². The van der Waals surface area contributed by atoms with Gasteiger partial charge in [0.15, 0.2) is 5.65 Å². The second-order valence-electron chi connectivity index (χ2n) is 7.08. The number of nitrogens with zero attached hydrogens (tertiary/aromatic N) is 4. The van der Waals surface area contributed by atoms with E-state index in [2.05, 4.69) is 26.8 Å². The predicted octanol–water partition coefficient (Wildman–Crippen LogP) is 2.08. The number of aryl methyl sites for hydroxylation is 3. The van der Waals surface area contributed by atoms with Crippen LogP contribution in [-0.4, -0.2) is 31.1 Å². The molecule has 8 heteroatoms. The van der Waals surface area contributed by atoms with Crippen molar-refractivity contribution in [2.45, 2.75) is 47.2 Å². The van der Waals surface area contributed by atoms with E-state index in [4.69, 9.17) is 0 Å². The van der Waals surface area contributed by atoms with E-state index >= 15 is 0 Å². The average Bonchev–Trinajstić information content (AvgIpc) is 2.81. The summed E-state index contributed by atoms with van der Waals surface area (Å²) in [5.41, 5.74) is 3.80. The fourth-order valence-electron chi connectivity index (χ4n) is 3.02. The molecule has 0 atom stereocenters. The van der Waals surface area contributed by atoms with Crippen molar-refractivity contribution < 1.29 is 4.79 Å². The van der Waals surface area contributed by atoms with Crippen molar-refractivity contribution in [1.82, 2.24) is 24.5 Å². The molecule has 2 aromatic heterocycles. The first-order valence-electron chi connectivity index (χ1n) is 8.85. The van der Waals surface area contributed by atoms with Crippen LogP contribution in [0.3, 0.4) is 0 Å². The number of hydrogen-bond acceptors (Lipinski definition) is 5. The first kappa shape index (κ1) is 18.6. The molecule has 3 aromatic rings. The molecule has 142 valence electrons. The molecule has 2 N–H and O–H groups in total. The molecule has 27 heavy (non-hydrogen) atoms. The number of carbonyl (C=O) groups is 1. The van der Waals surface area contributed by atoms with E-state index in [0.717, 1.165) is 27.2 Å². The molecule has 0 bridgehead atoms. The summed E-state index contributed by atoms with van der Waals surface area (Å²) in [6.45, 7) is 9.44. The molecule has 0 radical (unpaired) electrons. The number of amides is 1. The van der Waals surface area contributed by atoms with Crippen LogP contribution >= 0.6 is 0 Å². The summed E-state index contributed by atoms with van der Waals surface area (Å²) in [6.07, 6.45) is 0. The molecule has 1 aromatic carbocycles. The van der Waals surface area contributed by atoms with Crippen LogP contribution in [0, 0.1) is 20.8 Å². The number of hydrogen-bond donors (Lipinski definition) is 2. The normalized spacial score (nSPS) is 11.2. The molecule has 1 amide bonds. The van der Waals surface area contributed by atoms with Gasteiger partial charge < -0.3 is 10.6 Å². The van der Waals surface area contributed by atoms with Gasteiger partial charge >= 0.3 is 5.69 Å². The van der Waals surface area contributed by atoms with E-state index in [1.54, 1.807) is 6.07 Å². The van der Waals surface area contributed by atoms with Gasteiger partial charge in [-0.1, -0.05) is 6.07 Å². The minimum absolute atomic E-state index is 0.00377. The zero-order chi connectivity index (χ0) is 19.7. The Labute approximate surface area is 157 Å². The van der Waals surface area contributed by atoms with Crippen molar-refractivity contribution in [3.8, 4) is 0 Å². The highest BCUT2D eigenvalue weighted by Crippen LogP contribution is 2.19. The molecule has 0 spiro atoms. The molecular formula is C19H24N6O2. The topological polar surface area (TPSA) is 93.3 Å². The van der Waals surface area contributed by atoms with Crippen LogP contribution in [-0.2, 0) is 11.3 Å². The number of carbonyl (C=O) groups excluding carboxylic acids is 1. The Kier molecular flexibility index (Phi) is 4.98. The third-order valence-corrected chi connectivity index (χ3v) is 3.92. The van der Waals surface area contributed by atoms with Gasteiger partial charge in [0.25, 0.3) is 0 Å². The van der Waals surface area contributed by atoms with Crippen molar-refractivity contribution in [3.05, 3.63) is 51.6 Å². The van der Waals surface area contributed by atoms with Gasteiger partial charge in [-0.05, 0) is 57.9 Å². The third-order valence-electron chi connectivity index (χ3n) is 3.92. The monoisotopic (exact) mass is 368 g/mol. The number of benzene rings is 1. The van der Waals surface area contributed by atoms with E-state index in [9.17, 15) is 9.59 Å². The Balaban J connectivity index is 2.03. The van der Waals surface area contributed by atoms with Crippen molar-refractivity contribution in [2.75, 3.05) is 5.32 Å². The smallest absolute Gasteiger partial charge is 0.352 e. The summed E-state index contributed by atoms with van der Waals surface area (Å²) in [6, 6.07) is 7.74. The van der Waals surface area contributed by atoms with E-state index in [1.165, 1.54) is 4.40 Å². The van der Waals surface area contributed by atoms with E-state index < -0.39 is 5.69 Å². The first-order chi connectivity index (χ1) is 12.7. The summed E-state index contributed by atoms with van der Waals surface area (Å²) in [7, 11) is 0. The molecule has 3 rings (SSSR count).